The summed E-state index contributed by atoms with van der Waals surface area (Å²) in [5, 5.41) is 11.2. The Balaban J connectivity index is 1.45. The van der Waals surface area contributed by atoms with Crippen molar-refractivity contribution in [3.05, 3.63) is 64.5 Å². The van der Waals surface area contributed by atoms with Gasteiger partial charge in [-0.1, -0.05) is 12.1 Å². The van der Waals surface area contributed by atoms with E-state index in [9.17, 15) is 9.59 Å². The Morgan fingerprint density at radius 1 is 1.32 bits per heavy atom. The number of cyclic esters (lactones) is 1. The normalized spacial score (nSPS) is 17.9. The number of aromatic nitrogens is 2. The van der Waals surface area contributed by atoms with Crippen molar-refractivity contribution in [2.75, 3.05) is 25.0 Å². The Morgan fingerprint density at radius 2 is 2.13 bits per heavy atom. The first-order chi connectivity index (χ1) is 18.3. The van der Waals surface area contributed by atoms with Crippen LogP contribution in [0.3, 0.4) is 0 Å². The van der Waals surface area contributed by atoms with Crippen LogP contribution in [0.1, 0.15) is 53.5 Å². The van der Waals surface area contributed by atoms with Crippen molar-refractivity contribution in [2.45, 2.75) is 45.6 Å². The molecule has 1 fully saturated rings. The van der Waals surface area contributed by atoms with Crippen molar-refractivity contribution < 1.29 is 14.3 Å². The number of allylic oxidation sites excluding steroid dienone is 3. The smallest absolute Gasteiger partial charge is 0.414 e. The fourth-order valence-electron chi connectivity index (χ4n) is 4.93. The van der Waals surface area contributed by atoms with Gasteiger partial charge in [-0.2, -0.15) is 10.2 Å². The van der Waals surface area contributed by atoms with Crippen LogP contribution >= 0.6 is 0 Å². The number of amides is 2. The van der Waals surface area contributed by atoms with E-state index >= 15 is 0 Å². The van der Waals surface area contributed by atoms with Crippen LogP contribution in [0.5, 0.6) is 0 Å². The molecule has 11 heteroatoms. The molecule has 2 amide bonds. The molecule has 11 nitrogen and oxygen atoms in total. The third kappa shape index (κ3) is 6.05. The summed E-state index contributed by atoms with van der Waals surface area (Å²) in [5.41, 5.74) is 12.9. The minimum atomic E-state index is -0.450. The molecule has 1 aliphatic heterocycles. The highest BCUT2D eigenvalue weighted by Gasteiger charge is 2.33. The van der Waals surface area contributed by atoms with Crippen LogP contribution in [0.25, 0.3) is 5.70 Å². The van der Waals surface area contributed by atoms with Crippen LogP contribution in [-0.2, 0) is 18.2 Å². The van der Waals surface area contributed by atoms with E-state index in [1.807, 2.05) is 38.1 Å². The number of benzene rings is 1. The van der Waals surface area contributed by atoms with Crippen molar-refractivity contribution in [3.8, 4) is 0 Å². The van der Waals surface area contributed by atoms with E-state index in [4.69, 9.17) is 10.6 Å². The maximum Gasteiger partial charge on any atom is 0.414 e. The molecule has 1 aliphatic carbocycles. The predicted octanol–water partition coefficient (Wildman–Crippen LogP) is 2.54. The SMILES string of the molecule is CN/N=C(C)\C=C\CC1=C(NN)c2ccc(N3CC(CNC(=O)c4cc(C)nn4C)OC3=O)cc2CCC1. The van der Waals surface area contributed by atoms with Gasteiger partial charge in [-0.3, -0.25) is 20.2 Å². The Hall–Kier alpha value is -4.12. The number of carbonyl (C=O) groups excluding carboxylic acids is 2. The molecule has 38 heavy (non-hydrogen) atoms. The second-order valence-corrected chi connectivity index (χ2v) is 9.52. The summed E-state index contributed by atoms with van der Waals surface area (Å²) in [6.07, 6.45) is 6.73. The van der Waals surface area contributed by atoms with Crippen molar-refractivity contribution >= 4 is 29.1 Å². The summed E-state index contributed by atoms with van der Waals surface area (Å²) >= 11 is 0. The zero-order valence-corrected chi connectivity index (χ0v) is 22.4. The van der Waals surface area contributed by atoms with E-state index < -0.39 is 12.2 Å². The van der Waals surface area contributed by atoms with Gasteiger partial charge in [0.2, 0.25) is 0 Å². The number of hydrogen-bond acceptors (Lipinski definition) is 8. The maximum atomic E-state index is 12.7. The standard InChI is InChI=1S/C27H36N8O3/c1-17(32-29-3)7-5-8-19-9-6-10-20-14-21(11-12-23(20)25(19)31-28)35-16-22(38-27(35)37)15-30-26(36)24-13-18(2)33-34(24)4/h5,7,11-14,22,29,31H,6,8-10,15-16,28H2,1-4H3,(H,30,36)/b7-5+,32-17-. The van der Waals surface area contributed by atoms with Gasteiger partial charge in [0.05, 0.1) is 30.2 Å². The summed E-state index contributed by atoms with van der Waals surface area (Å²) in [4.78, 5) is 26.8. The zero-order valence-electron chi connectivity index (χ0n) is 22.4. The molecular weight excluding hydrogens is 484 g/mol. The second-order valence-electron chi connectivity index (χ2n) is 9.52. The Kier molecular flexibility index (Phi) is 8.47. The molecule has 1 aromatic carbocycles. The summed E-state index contributed by atoms with van der Waals surface area (Å²) in [7, 11) is 3.50. The topological polar surface area (TPSA) is 139 Å². The lowest BCUT2D eigenvalue weighted by Crippen LogP contribution is -2.35. The van der Waals surface area contributed by atoms with Crippen molar-refractivity contribution in [3.63, 3.8) is 0 Å². The molecule has 2 aromatic rings. The third-order valence-electron chi connectivity index (χ3n) is 6.70. The van der Waals surface area contributed by atoms with Gasteiger partial charge < -0.3 is 20.9 Å². The van der Waals surface area contributed by atoms with Crippen LogP contribution in [0.4, 0.5) is 10.5 Å². The molecule has 1 saturated heterocycles. The van der Waals surface area contributed by atoms with E-state index in [2.05, 4.69) is 32.4 Å². The van der Waals surface area contributed by atoms with Gasteiger partial charge in [-0.15, -0.1) is 0 Å². The molecule has 202 valence electrons. The first-order valence-corrected chi connectivity index (χ1v) is 12.8. The Morgan fingerprint density at radius 3 is 2.84 bits per heavy atom. The quantitative estimate of drug-likeness (QED) is 0.226. The number of hydrogen-bond donors (Lipinski definition) is 4. The van der Waals surface area contributed by atoms with Gasteiger partial charge in [0.15, 0.2) is 0 Å². The van der Waals surface area contributed by atoms with Gasteiger partial charge in [0, 0.05) is 25.3 Å². The lowest BCUT2D eigenvalue weighted by atomic mass is 10.00. The van der Waals surface area contributed by atoms with E-state index in [1.165, 1.54) is 10.3 Å². The highest BCUT2D eigenvalue weighted by Crippen LogP contribution is 2.33. The van der Waals surface area contributed by atoms with Crippen LogP contribution in [0.15, 0.2) is 47.1 Å². The second kappa shape index (κ2) is 12.0. The number of aryl methyl sites for hydroxylation is 3. The molecule has 2 aliphatic rings. The van der Waals surface area contributed by atoms with Crippen molar-refractivity contribution in [1.29, 1.82) is 0 Å². The summed E-state index contributed by atoms with van der Waals surface area (Å²) in [6.45, 7) is 4.34. The van der Waals surface area contributed by atoms with Gasteiger partial charge in [0.25, 0.3) is 5.91 Å². The number of ether oxygens (including phenoxy) is 1. The number of hydrazine groups is 1. The number of rotatable bonds is 9. The molecule has 0 saturated carbocycles. The molecular formula is C27H36N8O3. The van der Waals surface area contributed by atoms with E-state index in [0.717, 1.165) is 59.6 Å². The molecule has 1 atom stereocenters. The molecule has 0 radical (unpaired) electrons. The van der Waals surface area contributed by atoms with Crippen LogP contribution in [0.2, 0.25) is 0 Å². The van der Waals surface area contributed by atoms with E-state index in [1.54, 1.807) is 25.1 Å². The van der Waals surface area contributed by atoms with Gasteiger partial charge in [-0.05, 0) is 74.9 Å². The number of hydrazone groups is 1. The van der Waals surface area contributed by atoms with Crippen LogP contribution < -0.4 is 26.9 Å². The maximum absolute atomic E-state index is 12.7. The van der Waals surface area contributed by atoms with Crippen molar-refractivity contribution in [2.24, 2.45) is 18.0 Å². The van der Waals surface area contributed by atoms with Gasteiger partial charge in [-0.25, -0.2) is 4.79 Å². The molecule has 0 bridgehead atoms. The largest absolute Gasteiger partial charge is 0.442 e. The highest BCUT2D eigenvalue weighted by molar-refractivity contribution is 5.93. The molecule has 4 rings (SSSR count). The number of nitrogens with zero attached hydrogens (tertiary/aromatic N) is 4. The minimum Gasteiger partial charge on any atom is -0.442 e. The summed E-state index contributed by atoms with van der Waals surface area (Å²) in [6, 6.07) is 7.68. The van der Waals surface area contributed by atoms with Crippen LogP contribution in [-0.4, -0.2) is 53.7 Å². The van der Waals surface area contributed by atoms with Gasteiger partial charge >= 0.3 is 6.09 Å². The number of fused-ring (bicyclic) bond motifs is 1. The lowest BCUT2D eigenvalue weighted by Gasteiger charge is -2.18. The number of nitrogens with two attached hydrogens (primary N) is 1. The highest BCUT2D eigenvalue weighted by atomic mass is 16.6. The molecule has 2 heterocycles. The summed E-state index contributed by atoms with van der Waals surface area (Å²) < 4.78 is 7.08. The monoisotopic (exact) mass is 520 g/mol. The van der Waals surface area contributed by atoms with E-state index in [0.29, 0.717) is 12.2 Å². The van der Waals surface area contributed by atoms with Crippen molar-refractivity contribution in [1.82, 2.24) is 25.9 Å². The Bertz CT molecular complexity index is 1290. The molecule has 0 spiro atoms. The average molecular weight is 521 g/mol. The predicted molar refractivity (Wildman–Crippen MR) is 147 cm³/mol. The average Bonchev–Trinajstić information content (AvgIpc) is 3.37. The summed E-state index contributed by atoms with van der Waals surface area (Å²) in [5.74, 6) is 5.72. The number of carbonyl (C=O) groups is 2. The first kappa shape index (κ1) is 26.9. The number of anilines is 1. The minimum absolute atomic E-state index is 0.218. The first-order valence-electron chi connectivity index (χ1n) is 12.8. The number of nitrogens with one attached hydrogen (secondary N) is 3. The zero-order chi connectivity index (χ0) is 27.2. The van der Waals surface area contributed by atoms with Gasteiger partial charge in [0.1, 0.15) is 11.8 Å². The molecule has 1 aromatic heterocycles. The fourth-order valence-corrected chi connectivity index (χ4v) is 4.93. The molecule has 5 N–H and O–H groups in total. The molecule has 1 unspecified atom stereocenters. The Labute approximate surface area is 222 Å². The lowest BCUT2D eigenvalue weighted by molar-refractivity contribution is 0.0907. The third-order valence-corrected chi connectivity index (χ3v) is 6.70. The fraction of sp³-hybridized carbons (Fsp3) is 0.407. The van der Waals surface area contributed by atoms with Crippen LogP contribution in [0, 0.1) is 6.92 Å². The van der Waals surface area contributed by atoms with E-state index in [-0.39, 0.29) is 12.5 Å².